The van der Waals surface area contributed by atoms with Gasteiger partial charge in [0.25, 0.3) is 0 Å². The van der Waals surface area contributed by atoms with E-state index in [2.05, 4.69) is 25.5 Å². The lowest BCUT2D eigenvalue weighted by Crippen LogP contribution is -2.33. The van der Waals surface area contributed by atoms with Crippen LogP contribution in [-0.2, 0) is 4.74 Å². The second-order valence-electron chi connectivity index (χ2n) is 7.22. The average Bonchev–Trinajstić information content (AvgIpc) is 3.31. The van der Waals surface area contributed by atoms with E-state index in [4.69, 9.17) is 15.2 Å². The molecule has 1 aliphatic rings. The molecule has 6 N–H and O–H groups in total. The van der Waals surface area contributed by atoms with Crippen LogP contribution in [-0.4, -0.2) is 72.6 Å². The number of rotatable bonds is 8. The predicted molar refractivity (Wildman–Crippen MR) is 116 cm³/mol. The van der Waals surface area contributed by atoms with E-state index in [9.17, 15) is 15.3 Å². The van der Waals surface area contributed by atoms with Crippen LogP contribution in [0.5, 0.6) is 5.75 Å². The molecule has 0 bridgehead atoms. The summed E-state index contributed by atoms with van der Waals surface area (Å²) in [7, 11) is 0. The average molecular weight is 443 g/mol. The minimum atomic E-state index is -1.34. The Morgan fingerprint density at radius 3 is 2.84 bits per heavy atom. The van der Waals surface area contributed by atoms with E-state index < -0.39 is 31.1 Å². The molecule has 3 aromatic rings. The molecule has 0 saturated carbocycles. The van der Waals surface area contributed by atoms with E-state index >= 15 is 0 Å². The molecule has 0 radical (unpaired) electrons. The largest absolute Gasteiger partial charge is 0.493 e. The molecular weight excluding hydrogens is 418 g/mol. The van der Waals surface area contributed by atoms with E-state index in [0.717, 1.165) is 12.0 Å². The zero-order valence-corrected chi connectivity index (χ0v) is 17.4. The lowest BCUT2D eigenvalue weighted by Gasteiger charge is -2.18. The summed E-state index contributed by atoms with van der Waals surface area (Å²) in [6.45, 7) is 2.14. The van der Waals surface area contributed by atoms with Crippen molar-refractivity contribution in [2.45, 2.75) is 37.9 Å². The number of aliphatic hydroxyl groups excluding tert-OH is 3. The number of nitrogen functional groups attached to an aromatic ring is 1. The molecular formula is C20H25N7O5. The summed E-state index contributed by atoms with van der Waals surface area (Å²) in [4.78, 5) is 12.5. The Bertz CT molecular complexity index is 1110. The van der Waals surface area contributed by atoms with Gasteiger partial charge in [0.1, 0.15) is 30.4 Å². The number of aromatic nitrogens is 4. The summed E-state index contributed by atoms with van der Waals surface area (Å²) >= 11 is 0. The van der Waals surface area contributed by atoms with Crippen LogP contribution >= 0.6 is 0 Å². The number of fused-ring (bicyclic) bond motifs is 1. The Morgan fingerprint density at radius 2 is 2.09 bits per heavy atom. The van der Waals surface area contributed by atoms with Crippen LogP contribution in [0.4, 0.5) is 11.8 Å². The van der Waals surface area contributed by atoms with Crippen molar-refractivity contribution < 1.29 is 24.8 Å². The summed E-state index contributed by atoms with van der Waals surface area (Å²) < 4.78 is 12.8. The van der Waals surface area contributed by atoms with E-state index in [1.165, 1.54) is 10.9 Å². The number of benzene rings is 1. The second-order valence-corrected chi connectivity index (χ2v) is 7.22. The molecule has 1 aromatic carbocycles. The van der Waals surface area contributed by atoms with Gasteiger partial charge in [0, 0.05) is 5.56 Å². The van der Waals surface area contributed by atoms with Gasteiger partial charge in [-0.05, 0) is 18.6 Å². The zero-order valence-electron chi connectivity index (χ0n) is 17.4. The number of nitrogens with two attached hydrogens (primary N) is 1. The lowest BCUT2D eigenvalue weighted by atomic mass is 10.1. The molecule has 1 saturated heterocycles. The Labute approximate surface area is 183 Å². The molecule has 0 unspecified atom stereocenters. The fourth-order valence-electron chi connectivity index (χ4n) is 3.43. The number of hydrogen-bond donors (Lipinski definition) is 5. The quantitative estimate of drug-likeness (QED) is 0.240. The molecule has 0 spiro atoms. The Balaban J connectivity index is 1.67. The molecule has 170 valence electrons. The summed E-state index contributed by atoms with van der Waals surface area (Å²) in [5.74, 6) is 0.975. The first kappa shape index (κ1) is 21.9. The highest BCUT2D eigenvalue weighted by molar-refractivity contribution is 5.85. The fraction of sp³-hybridized carbons (Fsp3) is 0.400. The highest BCUT2D eigenvalue weighted by Crippen LogP contribution is 2.35. The molecule has 4 rings (SSSR count). The van der Waals surface area contributed by atoms with Gasteiger partial charge in [-0.25, -0.2) is 20.4 Å². The summed E-state index contributed by atoms with van der Waals surface area (Å²) in [5.41, 5.74) is 10.1. The Morgan fingerprint density at radius 1 is 1.28 bits per heavy atom. The van der Waals surface area contributed by atoms with Crippen molar-refractivity contribution in [1.82, 2.24) is 19.5 Å². The van der Waals surface area contributed by atoms with Gasteiger partial charge in [-0.15, -0.1) is 0 Å². The van der Waals surface area contributed by atoms with Crippen molar-refractivity contribution in [2.24, 2.45) is 5.10 Å². The third-order valence-corrected chi connectivity index (χ3v) is 5.03. The lowest BCUT2D eigenvalue weighted by molar-refractivity contribution is -0.0501. The van der Waals surface area contributed by atoms with Crippen LogP contribution in [0.25, 0.3) is 11.2 Å². The predicted octanol–water partition coefficient (Wildman–Crippen LogP) is 0.255. The topological polar surface area (TPSA) is 173 Å². The van der Waals surface area contributed by atoms with Crippen molar-refractivity contribution in [2.75, 3.05) is 24.4 Å². The normalized spacial score (nSPS) is 23.2. The van der Waals surface area contributed by atoms with E-state index in [-0.39, 0.29) is 22.9 Å². The first-order chi connectivity index (χ1) is 15.5. The van der Waals surface area contributed by atoms with Crippen molar-refractivity contribution in [1.29, 1.82) is 0 Å². The molecule has 1 fully saturated rings. The number of hydrogen-bond acceptors (Lipinski definition) is 11. The van der Waals surface area contributed by atoms with E-state index in [0.29, 0.717) is 12.4 Å². The maximum absolute atomic E-state index is 10.5. The minimum Gasteiger partial charge on any atom is -0.493 e. The molecule has 0 amide bonds. The summed E-state index contributed by atoms with van der Waals surface area (Å²) in [5, 5.41) is 34.4. The summed E-state index contributed by atoms with van der Waals surface area (Å²) in [6.07, 6.45) is -0.980. The third-order valence-electron chi connectivity index (χ3n) is 5.03. The van der Waals surface area contributed by atoms with Crippen molar-refractivity contribution in [3.8, 4) is 5.75 Å². The minimum absolute atomic E-state index is 0.130. The van der Waals surface area contributed by atoms with Gasteiger partial charge in [-0.3, -0.25) is 4.57 Å². The van der Waals surface area contributed by atoms with Crippen LogP contribution in [0.15, 0.2) is 35.7 Å². The fourth-order valence-corrected chi connectivity index (χ4v) is 3.43. The summed E-state index contributed by atoms with van der Waals surface area (Å²) in [6, 6.07) is 7.44. The van der Waals surface area contributed by atoms with Crippen molar-refractivity contribution in [3.63, 3.8) is 0 Å². The number of nitrogens with one attached hydrogen (secondary N) is 1. The smallest absolute Gasteiger partial charge is 0.228 e. The number of imidazole rings is 1. The van der Waals surface area contributed by atoms with Gasteiger partial charge >= 0.3 is 0 Å². The van der Waals surface area contributed by atoms with Gasteiger partial charge in [0.05, 0.1) is 19.4 Å². The van der Waals surface area contributed by atoms with Crippen LogP contribution < -0.4 is 15.9 Å². The Kier molecular flexibility index (Phi) is 6.46. The van der Waals surface area contributed by atoms with Crippen LogP contribution in [0, 0.1) is 0 Å². The van der Waals surface area contributed by atoms with Gasteiger partial charge in [0.2, 0.25) is 5.95 Å². The van der Waals surface area contributed by atoms with E-state index in [1.807, 2.05) is 31.2 Å². The number of nitrogens with zero attached hydrogens (tertiary/aromatic N) is 5. The molecule has 1 aliphatic heterocycles. The molecule has 0 aliphatic carbocycles. The first-order valence-electron chi connectivity index (χ1n) is 10.2. The standard InChI is InChI=1S/C20H25N7O5/c1-2-7-31-12-6-4-3-5-11(12)8-24-26-20-25-14-17(21)22-10-23-18(14)27(20)19-16(30)15(29)13(9-28)32-19/h3-6,8,10,13,15-16,19,28-30H,2,7,9H2,1H3,(H,25,26)(H2,21,22,23)/t13-,15-,16-,19-/m1/s1. The number of para-hydroxylation sites is 1. The van der Waals surface area contributed by atoms with E-state index in [1.54, 1.807) is 6.21 Å². The third kappa shape index (κ3) is 4.08. The number of anilines is 2. The SMILES string of the molecule is CCCOc1ccccc1C=NNc1nc2c(N)ncnc2n1[C@@H]1O[C@H](CO)[C@@H](O)[C@H]1O. The van der Waals surface area contributed by atoms with Crippen LogP contribution in [0.1, 0.15) is 25.1 Å². The number of aliphatic hydroxyl groups is 3. The molecule has 32 heavy (non-hydrogen) atoms. The molecule has 4 atom stereocenters. The molecule has 12 heteroatoms. The maximum atomic E-state index is 10.5. The molecule has 2 aromatic heterocycles. The number of hydrazone groups is 1. The maximum Gasteiger partial charge on any atom is 0.228 e. The van der Waals surface area contributed by atoms with Crippen LogP contribution in [0.2, 0.25) is 0 Å². The van der Waals surface area contributed by atoms with Gasteiger partial charge in [-0.1, -0.05) is 19.1 Å². The Hall–Kier alpha value is -3.32. The number of ether oxygens (including phenoxy) is 2. The van der Waals surface area contributed by atoms with Crippen molar-refractivity contribution in [3.05, 3.63) is 36.2 Å². The first-order valence-corrected chi connectivity index (χ1v) is 10.2. The van der Waals surface area contributed by atoms with Gasteiger partial charge in [0.15, 0.2) is 23.2 Å². The zero-order chi connectivity index (χ0) is 22.7. The van der Waals surface area contributed by atoms with Gasteiger partial charge < -0.3 is 30.5 Å². The van der Waals surface area contributed by atoms with Crippen LogP contribution in [0.3, 0.4) is 0 Å². The molecule has 12 nitrogen and oxygen atoms in total. The monoisotopic (exact) mass is 443 g/mol. The molecule has 3 heterocycles. The van der Waals surface area contributed by atoms with Gasteiger partial charge in [-0.2, -0.15) is 5.10 Å². The van der Waals surface area contributed by atoms with Crippen molar-refractivity contribution >= 4 is 29.1 Å². The second kappa shape index (κ2) is 9.44. The highest BCUT2D eigenvalue weighted by Gasteiger charge is 2.45. The highest BCUT2D eigenvalue weighted by atomic mass is 16.6.